The quantitative estimate of drug-likeness (QED) is 0.388. The topological polar surface area (TPSA) is 46.5 Å². The summed E-state index contributed by atoms with van der Waals surface area (Å²) in [5, 5.41) is 9.56. The molecule has 0 bridgehead atoms. The smallest absolute Gasteiger partial charge is 0.384 e. The first kappa shape index (κ1) is 11.1. The summed E-state index contributed by atoms with van der Waals surface area (Å²) in [6, 6.07) is 0. The van der Waals surface area contributed by atoms with Gasteiger partial charge in [-0.1, -0.05) is 18.8 Å². The standard InChI is InChI=1S/C11H16O3/c1-2-14-11(13)8-7-9-5-3-4-6-10(9)12/h9-10,12H,2-6H2,1H3/t9-,10+/m1/s1. The molecule has 1 saturated carbocycles. The molecule has 0 aliphatic heterocycles. The molecule has 0 aromatic rings. The van der Waals surface area contributed by atoms with Crippen LogP contribution >= 0.6 is 0 Å². The van der Waals surface area contributed by atoms with Crippen molar-refractivity contribution in [2.24, 2.45) is 5.92 Å². The Kier molecular flexibility index (Phi) is 4.48. The normalized spacial score (nSPS) is 26.1. The van der Waals surface area contributed by atoms with Crippen LogP contribution in [0, 0.1) is 17.8 Å². The van der Waals surface area contributed by atoms with Crippen LogP contribution in [0.5, 0.6) is 0 Å². The molecule has 1 rings (SSSR count). The molecule has 0 unspecified atom stereocenters. The first-order chi connectivity index (χ1) is 6.74. The van der Waals surface area contributed by atoms with Crippen LogP contribution in [0.3, 0.4) is 0 Å². The highest BCUT2D eigenvalue weighted by molar-refractivity contribution is 5.88. The van der Waals surface area contributed by atoms with E-state index in [1.165, 1.54) is 0 Å². The SMILES string of the molecule is CCOC(=O)C#C[C@H]1CCCC[C@@H]1O. The lowest BCUT2D eigenvalue weighted by atomic mass is 9.87. The molecule has 1 aliphatic carbocycles. The molecule has 0 saturated heterocycles. The second-order valence-corrected chi connectivity index (χ2v) is 3.45. The van der Waals surface area contributed by atoms with Crippen LogP contribution in [0.25, 0.3) is 0 Å². The first-order valence-electron chi connectivity index (χ1n) is 5.10. The lowest BCUT2D eigenvalue weighted by Gasteiger charge is -2.22. The summed E-state index contributed by atoms with van der Waals surface area (Å²) in [5.41, 5.74) is 0. The Hall–Kier alpha value is -1.01. The van der Waals surface area contributed by atoms with Crippen LogP contribution in [0.2, 0.25) is 0 Å². The second-order valence-electron chi connectivity index (χ2n) is 3.45. The highest BCUT2D eigenvalue weighted by Gasteiger charge is 2.20. The number of carbonyl (C=O) groups is 1. The largest absolute Gasteiger partial charge is 0.456 e. The number of hydrogen-bond donors (Lipinski definition) is 1. The van der Waals surface area contributed by atoms with Gasteiger partial charge in [0.05, 0.1) is 12.7 Å². The van der Waals surface area contributed by atoms with Gasteiger partial charge in [0.1, 0.15) is 0 Å². The summed E-state index contributed by atoms with van der Waals surface area (Å²) in [6.07, 6.45) is 3.44. The minimum absolute atomic E-state index is 0.0480. The zero-order valence-corrected chi connectivity index (χ0v) is 8.45. The van der Waals surface area contributed by atoms with Crippen LogP contribution in [0.15, 0.2) is 0 Å². The summed E-state index contributed by atoms with van der Waals surface area (Å²) in [7, 11) is 0. The van der Waals surface area contributed by atoms with Crippen molar-refractivity contribution in [3.8, 4) is 11.8 Å². The van der Waals surface area contributed by atoms with Gasteiger partial charge in [-0.2, -0.15) is 0 Å². The maximum atomic E-state index is 10.9. The van der Waals surface area contributed by atoms with E-state index in [1.807, 2.05) is 0 Å². The van der Waals surface area contributed by atoms with Crippen molar-refractivity contribution < 1.29 is 14.6 Å². The van der Waals surface area contributed by atoms with E-state index < -0.39 is 5.97 Å². The van der Waals surface area contributed by atoms with E-state index in [4.69, 9.17) is 0 Å². The molecular formula is C11H16O3. The van der Waals surface area contributed by atoms with E-state index >= 15 is 0 Å². The average molecular weight is 196 g/mol. The third-order valence-electron chi connectivity index (χ3n) is 2.36. The fraction of sp³-hybridized carbons (Fsp3) is 0.727. The Labute approximate surface area is 84.5 Å². The molecule has 1 fully saturated rings. The summed E-state index contributed by atoms with van der Waals surface area (Å²) >= 11 is 0. The van der Waals surface area contributed by atoms with E-state index in [-0.39, 0.29) is 12.0 Å². The lowest BCUT2D eigenvalue weighted by Crippen LogP contribution is -2.23. The molecule has 1 aliphatic rings. The van der Waals surface area contributed by atoms with E-state index in [0.29, 0.717) is 6.61 Å². The Morgan fingerprint density at radius 1 is 1.50 bits per heavy atom. The third-order valence-corrected chi connectivity index (χ3v) is 2.36. The van der Waals surface area contributed by atoms with Gasteiger partial charge >= 0.3 is 5.97 Å². The zero-order valence-electron chi connectivity index (χ0n) is 8.45. The Bertz CT molecular complexity index is 249. The molecule has 3 nitrogen and oxygen atoms in total. The molecular weight excluding hydrogens is 180 g/mol. The predicted molar refractivity (Wildman–Crippen MR) is 52.4 cm³/mol. The van der Waals surface area contributed by atoms with Crippen LogP contribution in [-0.2, 0) is 9.53 Å². The van der Waals surface area contributed by atoms with Crippen molar-refractivity contribution in [3.63, 3.8) is 0 Å². The van der Waals surface area contributed by atoms with E-state index in [2.05, 4.69) is 16.6 Å². The third kappa shape index (κ3) is 3.39. The molecule has 0 amide bonds. The summed E-state index contributed by atoms with van der Waals surface area (Å²) < 4.78 is 4.67. The first-order valence-corrected chi connectivity index (χ1v) is 5.10. The van der Waals surface area contributed by atoms with Crippen LogP contribution in [0.1, 0.15) is 32.6 Å². The number of aliphatic hydroxyl groups excluding tert-OH is 1. The van der Waals surface area contributed by atoms with Gasteiger partial charge < -0.3 is 9.84 Å². The van der Waals surface area contributed by atoms with Gasteiger partial charge in [0.25, 0.3) is 0 Å². The number of aliphatic hydroxyl groups is 1. The molecule has 0 aromatic heterocycles. The van der Waals surface area contributed by atoms with Crippen molar-refractivity contribution in [1.82, 2.24) is 0 Å². The molecule has 0 aromatic carbocycles. The van der Waals surface area contributed by atoms with Gasteiger partial charge in [0.15, 0.2) is 0 Å². The highest BCUT2D eigenvalue weighted by Crippen LogP contribution is 2.23. The van der Waals surface area contributed by atoms with Crippen molar-refractivity contribution in [2.75, 3.05) is 6.61 Å². The molecule has 0 spiro atoms. The van der Waals surface area contributed by atoms with E-state index in [0.717, 1.165) is 25.7 Å². The minimum atomic E-state index is -0.495. The Morgan fingerprint density at radius 3 is 2.86 bits per heavy atom. The molecule has 78 valence electrons. The predicted octanol–water partition coefficient (Wildman–Crippen LogP) is 1.10. The zero-order chi connectivity index (χ0) is 10.4. The average Bonchev–Trinajstić information content (AvgIpc) is 2.17. The van der Waals surface area contributed by atoms with Crippen LogP contribution < -0.4 is 0 Å². The Morgan fingerprint density at radius 2 is 2.21 bits per heavy atom. The molecule has 0 heterocycles. The summed E-state index contributed by atoms with van der Waals surface area (Å²) in [5.74, 6) is 4.65. The highest BCUT2D eigenvalue weighted by atomic mass is 16.5. The Balaban J connectivity index is 2.44. The number of hydrogen-bond acceptors (Lipinski definition) is 3. The van der Waals surface area contributed by atoms with Crippen LogP contribution in [-0.4, -0.2) is 23.8 Å². The number of rotatable bonds is 1. The van der Waals surface area contributed by atoms with Crippen molar-refractivity contribution in [2.45, 2.75) is 38.7 Å². The lowest BCUT2D eigenvalue weighted by molar-refractivity contribution is -0.136. The number of carbonyl (C=O) groups excluding carboxylic acids is 1. The summed E-state index contributed by atoms with van der Waals surface area (Å²) in [6.45, 7) is 2.09. The van der Waals surface area contributed by atoms with E-state index in [9.17, 15) is 9.90 Å². The van der Waals surface area contributed by atoms with Gasteiger partial charge in [-0.15, -0.1) is 0 Å². The maximum Gasteiger partial charge on any atom is 0.384 e. The molecule has 1 N–H and O–H groups in total. The maximum absolute atomic E-state index is 10.9. The van der Waals surface area contributed by atoms with Crippen molar-refractivity contribution >= 4 is 5.97 Å². The summed E-state index contributed by atoms with van der Waals surface area (Å²) in [4.78, 5) is 10.9. The fourth-order valence-electron chi connectivity index (χ4n) is 1.60. The van der Waals surface area contributed by atoms with Gasteiger partial charge in [-0.25, -0.2) is 4.79 Å². The molecule has 2 atom stereocenters. The van der Waals surface area contributed by atoms with Crippen LogP contribution in [0.4, 0.5) is 0 Å². The van der Waals surface area contributed by atoms with E-state index in [1.54, 1.807) is 6.92 Å². The fourth-order valence-corrected chi connectivity index (χ4v) is 1.60. The van der Waals surface area contributed by atoms with Gasteiger partial charge in [0.2, 0.25) is 0 Å². The van der Waals surface area contributed by atoms with Gasteiger partial charge in [-0.05, 0) is 19.8 Å². The second kappa shape index (κ2) is 5.66. The number of esters is 1. The van der Waals surface area contributed by atoms with Gasteiger partial charge in [-0.3, -0.25) is 0 Å². The number of ether oxygens (including phenoxy) is 1. The van der Waals surface area contributed by atoms with Gasteiger partial charge in [0, 0.05) is 11.8 Å². The minimum Gasteiger partial charge on any atom is -0.456 e. The van der Waals surface area contributed by atoms with Crippen molar-refractivity contribution in [3.05, 3.63) is 0 Å². The molecule has 14 heavy (non-hydrogen) atoms. The molecule has 3 heteroatoms. The molecule has 0 radical (unpaired) electrons. The monoisotopic (exact) mass is 196 g/mol. The van der Waals surface area contributed by atoms with Crippen molar-refractivity contribution in [1.29, 1.82) is 0 Å².